The SMILES string of the molecule is COc1cc2c(cc1OC)-c1c(OC(=O)C(F)(F)F)c(OC)cc3c1C(C2)CN(C)C3. The van der Waals surface area contributed by atoms with Crippen molar-refractivity contribution in [2.24, 2.45) is 0 Å². The summed E-state index contributed by atoms with van der Waals surface area (Å²) in [5, 5.41) is 0. The van der Waals surface area contributed by atoms with Crippen molar-refractivity contribution in [3.8, 4) is 34.1 Å². The van der Waals surface area contributed by atoms with Gasteiger partial charge in [0, 0.05) is 24.6 Å². The molecule has 0 saturated carbocycles. The van der Waals surface area contributed by atoms with Crippen LogP contribution in [0.5, 0.6) is 23.0 Å². The summed E-state index contributed by atoms with van der Waals surface area (Å²) < 4.78 is 60.2. The van der Waals surface area contributed by atoms with Gasteiger partial charge >= 0.3 is 12.1 Å². The maximum Gasteiger partial charge on any atom is 0.491 e. The van der Waals surface area contributed by atoms with Crippen molar-refractivity contribution in [2.75, 3.05) is 34.9 Å². The lowest BCUT2D eigenvalue weighted by atomic mass is 9.74. The van der Waals surface area contributed by atoms with E-state index >= 15 is 0 Å². The van der Waals surface area contributed by atoms with Crippen LogP contribution >= 0.6 is 0 Å². The van der Waals surface area contributed by atoms with Gasteiger partial charge in [0.2, 0.25) is 0 Å². The fourth-order valence-corrected chi connectivity index (χ4v) is 4.55. The number of rotatable bonds is 4. The smallest absolute Gasteiger partial charge is 0.491 e. The van der Waals surface area contributed by atoms with E-state index in [1.165, 1.54) is 21.3 Å². The molecule has 2 aromatic carbocycles. The second kappa shape index (κ2) is 7.64. The highest BCUT2D eigenvalue weighted by Crippen LogP contribution is 2.54. The molecule has 1 atom stereocenters. The number of likely N-dealkylation sites (N-methyl/N-ethyl adjacent to an activating group) is 1. The molecule has 0 radical (unpaired) electrons. The fraction of sp³-hybridized carbons (Fsp3) is 0.409. The first kappa shape index (κ1) is 21.3. The molecule has 166 valence electrons. The predicted molar refractivity (Wildman–Crippen MR) is 106 cm³/mol. The normalized spacial score (nSPS) is 17.5. The van der Waals surface area contributed by atoms with Gasteiger partial charge in [-0.15, -0.1) is 0 Å². The molecule has 0 saturated heterocycles. The van der Waals surface area contributed by atoms with Crippen molar-refractivity contribution < 1.29 is 36.9 Å². The summed E-state index contributed by atoms with van der Waals surface area (Å²) >= 11 is 0. The van der Waals surface area contributed by atoms with Gasteiger partial charge in [-0.2, -0.15) is 13.2 Å². The number of halogens is 3. The highest BCUT2D eigenvalue weighted by molar-refractivity contribution is 5.88. The number of benzene rings is 2. The molecule has 0 aromatic heterocycles. The van der Waals surface area contributed by atoms with Gasteiger partial charge in [0.05, 0.1) is 21.3 Å². The average Bonchev–Trinajstić information content (AvgIpc) is 2.72. The van der Waals surface area contributed by atoms with Gasteiger partial charge < -0.3 is 23.8 Å². The maximum absolute atomic E-state index is 13.0. The predicted octanol–water partition coefficient (Wildman–Crippen LogP) is 3.93. The Bertz CT molecular complexity index is 1050. The van der Waals surface area contributed by atoms with E-state index in [4.69, 9.17) is 18.9 Å². The molecule has 0 amide bonds. The number of carbonyl (C=O) groups is 1. The van der Waals surface area contributed by atoms with Crippen molar-refractivity contribution in [2.45, 2.75) is 25.1 Å². The number of fused-ring (bicyclic) bond motifs is 2. The molecule has 0 spiro atoms. The summed E-state index contributed by atoms with van der Waals surface area (Å²) in [5.41, 5.74) is 3.75. The molecule has 0 bridgehead atoms. The van der Waals surface area contributed by atoms with Crippen LogP contribution in [0.4, 0.5) is 13.2 Å². The summed E-state index contributed by atoms with van der Waals surface area (Å²) in [6.07, 6.45) is -4.47. The molecular formula is C22H22F3NO5. The quantitative estimate of drug-likeness (QED) is 0.534. The third kappa shape index (κ3) is 3.56. The number of alkyl halides is 3. The van der Waals surface area contributed by atoms with Crippen molar-refractivity contribution in [1.29, 1.82) is 0 Å². The van der Waals surface area contributed by atoms with Crippen molar-refractivity contribution >= 4 is 5.97 Å². The van der Waals surface area contributed by atoms with Gasteiger partial charge in [-0.25, -0.2) is 4.79 Å². The minimum atomic E-state index is -5.14. The molecule has 0 N–H and O–H groups in total. The Morgan fingerprint density at radius 1 is 1.00 bits per heavy atom. The molecule has 2 aromatic rings. The molecule has 31 heavy (non-hydrogen) atoms. The van der Waals surface area contributed by atoms with Crippen LogP contribution in [0.1, 0.15) is 22.6 Å². The molecular weight excluding hydrogens is 415 g/mol. The van der Waals surface area contributed by atoms with E-state index in [0.717, 1.165) is 16.7 Å². The van der Waals surface area contributed by atoms with E-state index in [9.17, 15) is 18.0 Å². The molecule has 4 rings (SSSR count). The van der Waals surface area contributed by atoms with Crippen LogP contribution in [-0.4, -0.2) is 52.0 Å². The van der Waals surface area contributed by atoms with Crippen molar-refractivity contribution in [3.05, 3.63) is 34.9 Å². The van der Waals surface area contributed by atoms with Crippen LogP contribution < -0.4 is 18.9 Å². The lowest BCUT2D eigenvalue weighted by Crippen LogP contribution is -2.34. The number of hydrogen-bond donors (Lipinski definition) is 0. The van der Waals surface area contributed by atoms with Crippen LogP contribution in [0, 0.1) is 0 Å². The fourth-order valence-electron chi connectivity index (χ4n) is 4.55. The number of esters is 1. The Kier molecular flexibility index (Phi) is 5.25. The maximum atomic E-state index is 13.0. The Morgan fingerprint density at radius 3 is 2.23 bits per heavy atom. The molecule has 6 nitrogen and oxygen atoms in total. The molecule has 1 heterocycles. The molecule has 1 unspecified atom stereocenters. The molecule has 9 heteroatoms. The van der Waals surface area contributed by atoms with E-state index in [0.29, 0.717) is 42.1 Å². The van der Waals surface area contributed by atoms with Gasteiger partial charge in [0.1, 0.15) is 0 Å². The highest BCUT2D eigenvalue weighted by Gasteiger charge is 2.44. The summed E-state index contributed by atoms with van der Waals surface area (Å²) in [6.45, 7) is 1.32. The monoisotopic (exact) mass is 437 g/mol. The Labute approximate surface area is 177 Å². The second-order valence-electron chi connectivity index (χ2n) is 7.71. The third-order valence-corrected chi connectivity index (χ3v) is 5.74. The number of methoxy groups -OCH3 is 3. The third-order valence-electron chi connectivity index (χ3n) is 5.74. The summed E-state index contributed by atoms with van der Waals surface area (Å²) in [7, 11) is 6.32. The standard InChI is InChI=1S/C22H22F3NO5/c1-26-9-12-5-11-6-15(28-2)16(29-3)8-14(11)19-18(12)13(10-26)7-17(30-4)20(19)31-21(27)22(23,24)25/h6-8,12H,5,9-10H2,1-4H3. The number of nitrogens with zero attached hydrogens (tertiary/aromatic N) is 1. The van der Waals surface area contributed by atoms with Crippen LogP contribution in [-0.2, 0) is 17.8 Å². The van der Waals surface area contributed by atoms with Crippen LogP contribution in [0.15, 0.2) is 18.2 Å². The van der Waals surface area contributed by atoms with E-state index in [1.54, 1.807) is 12.1 Å². The number of hydrogen-bond acceptors (Lipinski definition) is 6. The molecule has 0 fully saturated rings. The molecule has 1 aliphatic carbocycles. The number of ether oxygens (including phenoxy) is 4. The second-order valence-corrected chi connectivity index (χ2v) is 7.71. The van der Waals surface area contributed by atoms with Gasteiger partial charge in [-0.3, -0.25) is 0 Å². The van der Waals surface area contributed by atoms with Crippen LogP contribution in [0.3, 0.4) is 0 Å². The Hall–Kier alpha value is -2.94. The van der Waals surface area contributed by atoms with Crippen LogP contribution in [0.25, 0.3) is 11.1 Å². The topological polar surface area (TPSA) is 57.2 Å². The zero-order valence-electron chi connectivity index (χ0n) is 17.6. The minimum Gasteiger partial charge on any atom is -0.493 e. The van der Waals surface area contributed by atoms with Gasteiger partial charge in [-0.05, 0) is 53.9 Å². The van der Waals surface area contributed by atoms with E-state index in [1.807, 2.05) is 13.1 Å². The highest BCUT2D eigenvalue weighted by atomic mass is 19.4. The largest absolute Gasteiger partial charge is 0.493 e. The minimum absolute atomic E-state index is 0.0172. The molecule has 1 aliphatic heterocycles. The first-order valence-electron chi connectivity index (χ1n) is 9.64. The van der Waals surface area contributed by atoms with Crippen molar-refractivity contribution in [3.63, 3.8) is 0 Å². The van der Waals surface area contributed by atoms with Crippen LogP contribution in [0.2, 0.25) is 0 Å². The van der Waals surface area contributed by atoms with E-state index in [2.05, 4.69) is 4.90 Å². The van der Waals surface area contributed by atoms with Crippen molar-refractivity contribution in [1.82, 2.24) is 4.90 Å². The Balaban J connectivity index is 2.02. The van der Waals surface area contributed by atoms with E-state index < -0.39 is 12.1 Å². The van der Waals surface area contributed by atoms with E-state index in [-0.39, 0.29) is 17.4 Å². The zero-order chi connectivity index (χ0) is 22.5. The summed E-state index contributed by atoms with van der Waals surface area (Å²) in [6, 6.07) is 5.19. The van der Waals surface area contributed by atoms with Gasteiger partial charge in [0.15, 0.2) is 23.0 Å². The first-order chi connectivity index (χ1) is 14.7. The lowest BCUT2D eigenvalue weighted by Gasteiger charge is -2.38. The van der Waals surface area contributed by atoms with Gasteiger partial charge in [0.25, 0.3) is 0 Å². The van der Waals surface area contributed by atoms with Gasteiger partial charge in [-0.1, -0.05) is 0 Å². The number of carbonyl (C=O) groups excluding carboxylic acids is 1. The lowest BCUT2D eigenvalue weighted by molar-refractivity contribution is -0.189. The zero-order valence-corrected chi connectivity index (χ0v) is 17.6. The Morgan fingerprint density at radius 2 is 1.61 bits per heavy atom. The first-order valence-corrected chi connectivity index (χ1v) is 9.64. The summed E-state index contributed by atoms with van der Waals surface area (Å²) in [5.74, 6) is -1.49. The molecule has 2 aliphatic rings. The summed E-state index contributed by atoms with van der Waals surface area (Å²) in [4.78, 5) is 13.9. The average molecular weight is 437 g/mol.